The van der Waals surface area contributed by atoms with E-state index in [-0.39, 0.29) is 6.10 Å². The third kappa shape index (κ3) is 1.75. The molecule has 0 amide bonds. The number of likely N-dealkylation sites (tertiary alicyclic amines) is 1. The standard InChI is InChI=1S/C9H14N2OS/c1-6(11-3-8(12)4-11)9-5-13-7(2)10-9/h5-6,8,12H,3-4H2,1-2H3. The summed E-state index contributed by atoms with van der Waals surface area (Å²) in [6.07, 6.45) is -0.123. The van der Waals surface area contributed by atoms with Gasteiger partial charge in [0.1, 0.15) is 0 Å². The van der Waals surface area contributed by atoms with Crippen molar-refractivity contribution in [2.24, 2.45) is 0 Å². The summed E-state index contributed by atoms with van der Waals surface area (Å²) in [5, 5.41) is 12.4. The number of aromatic nitrogens is 1. The lowest BCUT2D eigenvalue weighted by atomic mass is 10.1. The van der Waals surface area contributed by atoms with Crippen LogP contribution in [0.3, 0.4) is 0 Å². The molecule has 13 heavy (non-hydrogen) atoms. The molecule has 3 nitrogen and oxygen atoms in total. The molecule has 1 unspecified atom stereocenters. The van der Waals surface area contributed by atoms with Gasteiger partial charge in [-0.05, 0) is 13.8 Å². The fourth-order valence-corrected chi connectivity index (χ4v) is 2.26. The second-order valence-electron chi connectivity index (χ2n) is 3.58. The van der Waals surface area contributed by atoms with Crippen LogP contribution in [0.25, 0.3) is 0 Å². The number of aliphatic hydroxyl groups excluding tert-OH is 1. The first-order valence-electron chi connectivity index (χ1n) is 4.51. The van der Waals surface area contributed by atoms with Gasteiger partial charge < -0.3 is 5.11 Å². The first kappa shape index (κ1) is 9.12. The highest BCUT2D eigenvalue weighted by atomic mass is 32.1. The Morgan fingerprint density at radius 3 is 2.85 bits per heavy atom. The molecule has 0 spiro atoms. The van der Waals surface area contributed by atoms with Crippen LogP contribution in [0.2, 0.25) is 0 Å². The Labute approximate surface area is 82.0 Å². The van der Waals surface area contributed by atoms with Gasteiger partial charge in [0.05, 0.1) is 22.8 Å². The van der Waals surface area contributed by atoms with Crippen molar-refractivity contribution < 1.29 is 5.11 Å². The van der Waals surface area contributed by atoms with E-state index < -0.39 is 0 Å². The van der Waals surface area contributed by atoms with Gasteiger partial charge in [-0.3, -0.25) is 4.90 Å². The number of thiazole rings is 1. The second kappa shape index (κ2) is 3.36. The molecule has 1 aliphatic rings. The van der Waals surface area contributed by atoms with Crippen LogP contribution in [0.5, 0.6) is 0 Å². The first-order valence-corrected chi connectivity index (χ1v) is 5.39. The number of aryl methyl sites for hydroxylation is 1. The molecule has 1 saturated heterocycles. The maximum Gasteiger partial charge on any atom is 0.0898 e. The number of aliphatic hydroxyl groups is 1. The summed E-state index contributed by atoms with van der Waals surface area (Å²) in [6.45, 7) is 5.74. The number of nitrogens with zero attached hydrogens (tertiary/aromatic N) is 2. The Morgan fingerprint density at radius 1 is 1.69 bits per heavy atom. The Morgan fingerprint density at radius 2 is 2.38 bits per heavy atom. The van der Waals surface area contributed by atoms with Crippen molar-refractivity contribution >= 4 is 11.3 Å². The molecule has 0 bridgehead atoms. The van der Waals surface area contributed by atoms with E-state index >= 15 is 0 Å². The van der Waals surface area contributed by atoms with Crippen molar-refractivity contribution in [3.8, 4) is 0 Å². The zero-order valence-corrected chi connectivity index (χ0v) is 8.71. The minimum absolute atomic E-state index is 0.123. The number of rotatable bonds is 2. The van der Waals surface area contributed by atoms with Crippen molar-refractivity contribution in [3.63, 3.8) is 0 Å². The molecule has 2 heterocycles. The molecular weight excluding hydrogens is 184 g/mol. The number of β-amino-alcohol motifs (C(OH)–C–C–N with tert-alkyl or cyclic N) is 1. The Balaban J connectivity index is 2.01. The Hall–Kier alpha value is -0.450. The van der Waals surface area contributed by atoms with Gasteiger partial charge in [0.2, 0.25) is 0 Å². The molecule has 0 saturated carbocycles. The van der Waals surface area contributed by atoms with Crippen molar-refractivity contribution in [1.29, 1.82) is 0 Å². The summed E-state index contributed by atoms with van der Waals surface area (Å²) in [6, 6.07) is 0.355. The van der Waals surface area contributed by atoms with Crippen molar-refractivity contribution in [2.75, 3.05) is 13.1 Å². The zero-order chi connectivity index (χ0) is 9.42. The topological polar surface area (TPSA) is 36.4 Å². The van der Waals surface area contributed by atoms with Gasteiger partial charge in [-0.25, -0.2) is 4.98 Å². The Kier molecular flexibility index (Phi) is 2.36. The molecule has 1 N–H and O–H groups in total. The maximum atomic E-state index is 9.16. The normalized spacial score (nSPS) is 21.5. The average molecular weight is 198 g/mol. The summed E-state index contributed by atoms with van der Waals surface area (Å²) in [5.74, 6) is 0. The average Bonchev–Trinajstić information content (AvgIpc) is 2.45. The van der Waals surface area contributed by atoms with Gasteiger partial charge in [-0.2, -0.15) is 0 Å². The van der Waals surface area contributed by atoms with Gasteiger partial charge in [0.25, 0.3) is 0 Å². The van der Waals surface area contributed by atoms with E-state index in [1.54, 1.807) is 11.3 Å². The van der Waals surface area contributed by atoms with Crippen molar-refractivity contribution in [3.05, 3.63) is 16.1 Å². The highest BCUT2D eigenvalue weighted by Gasteiger charge is 2.29. The van der Waals surface area contributed by atoms with Gasteiger partial charge in [-0.1, -0.05) is 0 Å². The minimum Gasteiger partial charge on any atom is -0.390 e. The molecule has 0 radical (unpaired) electrons. The van der Waals surface area contributed by atoms with Crippen LogP contribution in [-0.4, -0.2) is 34.2 Å². The second-order valence-corrected chi connectivity index (χ2v) is 4.64. The lowest BCUT2D eigenvalue weighted by Gasteiger charge is -2.39. The molecule has 2 rings (SSSR count). The molecule has 1 aliphatic heterocycles. The van der Waals surface area contributed by atoms with Crippen LogP contribution in [0.15, 0.2) is 5.38 Å². The summed E-state index contributed by atoms with van der Waals surface area (Å²) >= 11 is 1.69. The lowest BCUT2D eigenvalue weighted by molar-refractivity contribution is -0.0219. The SMILES string of the molecule is Cc1nc(C(C)N2CC(O)C2)cs1. The summed E-state index contributed by atoms with van der Waals surface area (Å²) in [4.78, 5) is 6.67. The van der Waals surface area contributed by atoms with Crippen molar-refractivity contribution in [2.45, 2.75) is 26.0 Å². The van der Waals surface area contributed by atoms with Crippen LogP contribution < -0.4 is 0 Å². The summed E-state index contributed by atoms with van der Waals surface area (Å²) in [7, 11) is 0. The van der Waals surface area contributed by atoms with E-state index in [0.29, 0.717) is 6.04 Å². The van der Waals surface area contributed by atoms with Gasteiger partial charge in [-0.15, -0.1) is 11.3 Å². The number of hydrogen-bond donors (Lipinski definition) is 1. The van der Waals surface area contributed by atoms with Crippen molar-refractivity contribution in [1.82, 2.24) is 9.88 Å². The predicted octanol–water partition coefficient (Wildman–Crippen LogP) is 1.19. The number of hydrogen-bond acceptors (Lipinski definition) is 4. The molecule has 1 aromatic rings. The molecule has 0 aromatic carbocycles. The van der Waals surface area contributed by atoms with Crippen LogP contribution in [0.4, 0.5) is 0 Å². The fourth-order valence-electron chi connectivity index (χ4n) is 1.56. The monoisotopic (exact) mass is 198 g/mol. The van der Waals surface area contributed by atoms with E-state index in [2.05, 4.69) is 22.2 Å². The predicted molar refractivity (Wildman–Crippen MR) is 52.8 cm³/mol. The Bertz CT molecular complexity index is 294. The molecular formula is C9H14N2OS. The third-order valence-corrected chi connectivity index (χ3v) is 3.29. The molecule has 72 valence electrons. The quantitative estimate of drug-likeness (QED) is 0.775. The van der Waals surface area contributed by atoms with Crippen LogP contribution in [-0.2, 0) is 0 Å². The van der Waals surface area contributed by atoms with Crippen LogP contribution in [0, 0.1) is 6.92 Å². The summed E-state index contributed by atoms with van der Waals surface area (Å²) in [5.41, 5.74) is 1.13. The van der Waals surface area contributed by atoms with Gasteiger partial charge in [0.15, 0.2) is 0 Å². The van der Waals surface area contributed by atoms with Crippen LogP contribution in [0.1, 0.15) is 23.7 Å². The largest absolute Gasteiger partial charge is 0.390 e. The van der Waals surface area contributed by atoms with E-state index in [1.807, 2.05) is 6.92 Å². The van der Waals surface area contributed by atoms with Gasteiger partial charge >= 0.3 is 0 Å². The van der Waals surface area contributed by atoms with Crippen LogP contribution >= 0.6 is 11.3 Å². The van der Waals surface area contributed by atoms with E-state index in [1.165, 1.54) is 0 Å². The molecule has 1 fully saturated rings. The van der Waals surface area contributed by atoms with Gasteiger partial charge in [0, 0.05) is 18.5 Å². The van der Waals surface area contributed by atoms with E-state index in [0.717, 1.165) is 23.8 Å². The molecule has 0 aliphatic carbocycles. The minimum atomic E-state index is -0.123. The maximum absolute atomic E-state index is 9.16. The van der Waals surface area contributed by atoms with E-state index in [9.17, 15) is 0 Å². The smallest absolute Gasteiger partial charge is 0.0898 e. The molecule has 1 aromatic heterocycles. The first-order chi connectivity index (χ1) is 6.16. The fraction of sp³-hybridized carbons (Fsp3) is 0.667. The highest BCUT2D eigenvalue weighted by molar-refractivity contribution is 7.09. The third-order valence-electron chi connectivity index (χ3n) is 2.50. The lowest BCUT2D eigenvalue weighted by Crippen LogP contribution is -2.51. The zero-order valence-electron chi connectivity index (χ0n) is 7.90. The summed E-state index contributed by atoms with van der Waals surface area (Å²) < 4.78 is 0. The molecule has 4 heteroatoms. The van der Waals surface area contributed by atoms with E-state index in [4.69, 9.17) is 5.11 Å². The molecule has 1 atom stereocenters. The highest BCUT2D eigenvalue weighted by Crippen LogP contribution is 2.25.